The van der Waals surface area contributed by atoms with Gasteiger partial charge in [0.25, 0.3) is 10.0 Å². The van der Waals surface area contributed by atoms with E-state index in [1.807, 2.05) is 13.0 Å². The molecule has 0 aliphatic heterocycles. The molecule has 24 heavy (non-hydrogen) atoms. The van der Waals surface area contributed by atoms with Gasteiger partial charge in [-0.25, -0.2) is 8.42 Å². The molecule has 0 spiro atoms. The molecule has 2 N–H and O–H groups in total. The Kier molecular flexibility index (Phi) is 6.16. The Morgan fingerprint density at radius 2 is 1.83 bits per heavy atom. The van der Waals surface area contributed by atoms with Gasteiger partial charge in [0.2, 0.25) is 0 Å². The lowest BCUT2D eigenvalue weighted by molar-refractivity contribution is 0.594. The van der Waals surface area contributed by atoms with E-state index in [1.54, 1.807) is 48.5 Å². The van der Waals surface area contributed by atoms with E-state index < -0.39 is 10.0 Å². The quantitative estimate of drug-likeness (QED) is 0.772. The van der Waals surface area contributed by atoms with Crippen molar-refractivity contribution in [3.63, 3.8) is 0 Å². The van der Waals surface area contributed by atoms with Crippen molar-refractivity contribution in [3.8, 4) is 0 Å². The van der Waals surface area contributed by atoms with Gasteiger partial charge in [0.1, 0.15) is 0 Å². The van der Waals surface area contributed by atoms with Crippen molar-refractivity contribution in [1.29, 1.82) is 0 Å². The zero-order chi connectivity index (χ0) is 17.6. The SMILES string of the molecule is CCCNC(=S)Nc1cccc(S(=O)(=O)N(C)c2ccccc2)c1. The normalized spacial score (nSPS) is 10.9. The molecule has 2 aromatic rings. The Balaban J connectivity index is 2.22. The first-order valence-electron chi connectivity index (χ1n) is 7.64. The van der Waals surface area contributed by atoms with Gasteiger partial charge in [-0.3, -0.25) is 4.31 Å². The van der Waals surface area contributed by atoms with Crippen molar-refractivity contribution in [2.24, 2.45) is 0 Å². The number of sulfonamides is 1. The number of para-hydroxylation sites is 1. The average Bonchev–Trinajstić information content (AvgIpc) is 2.60. The highest BCUT2D eigenvalue weighted by atomic mass is 32.2. The Labute approximate surface area is 148 Å². The molecule has 0 aliphatic rings. The molecule has 7 heteroatoms. The van der Waals surface area contributed by atoms with E-state index in [9.17, 15) is 8.42 Å². The maximum atomic E-state index is 12.8. The zero-order valence-electron chi connectivity index (χ0n) is 13.7. The van der Waals surface area contributed by atoms with Crippen LogP contribution >= 0.6 is 12.2 Å². The minimum atomic E-state index is -3.64. The molecule has 128 valence electrons. The molecule has 0 amide bonds. The fourth-order valence-electron chi connectivity index (χ4n) is 2.08. The number of hydrogen-bond acceptors (Lipinski definition) is 3. The summed E-state index contributed by atoms with van der Waals surface area (Å²) in [6.07, 6.45) is 0.956. The van der Waals surface area contributed by atoms with Crippen LogP contribution in [0, 0.1) is 0 Å². The van der Waals surface area contributed by atoms with Gasteiger partial charge in [-0.15, -0.1) is 0 Å². The molecule has 0 aliphatic carbocycles. The van der Waals surface area contributed by atoms with E-state index in [-0.39, 0.29) is 4.90 Å². The fourth-order valence-corrected chi connectivity index (χ4v) is 3.54. The summed E-state index contributed by atoms with van der Waals surface area (Å²) in [7, 11) is -2.10. The number of nitrogens with zero attached hydrogens (tertiary/aromatic N) is 1. The second-order valence-electron chi connectivity index (χ2n) is 5.22. The minimum absolute atomic E-state index is 0.206. The van der Waals surface area contributed by atoms with Crippen LogP contribution in [0.4, 0.5) is 11.4 Å². The lowest BCUT2D eigenvalue weighted by atomic mass is 10.3. The molecule has 2 aromatic carbocycles. The highest BCUT2D eigenvalue weighted by Crippen LogP contribution is 2.23. The molecule has 0 saturated carbocycles. The molecular formula is C17H21N3O2S2. The second kappa shape index (κ2) is 8.12. The highest BCUT2D eigenvalue weighted by Gasteiger charge is 2.21. The van der Waals surface area contributed by atoms with Crippen LogP contribution in [0.3, 0.4) is 0 Å². The molecule has 0 heterocycles. The smallest absolute Gasteiger partial charge is 0.264 e. The first-order chi connectivity index (χ1) is 11.4. The third-order valence-corrected chi connectivity index (χ3v) is 5.43. The van der Waals surface area contributed by atoms with Gasteiger partial charge in [0, 0.05) is 19.3 Å². The summed E-state index contributed by atoms with van der Waals surface area (Å²) in [5.74, 6) is 0. The van der Waals surface area contributed by atoms with Gasteiger partial charge < -0.3 is 10.6 Å². The fraction of sp³-hybridized carbons (Fsp3) is 0.235. The van der Waals surface area contributed by atoms with Gasteiger partial charge in [0.15, 0.2) is 5.11 Å². The Morgan fingerprint density at radius 1 is 1.12 bits per heavy atom. The highest BCUT2D eigenvalue weighted by molar-refractivity contribution is 7.92. The lowest BCUT2D eigenvalue weighted by Gasteiger charge is -2.20. The average molecular weight is 364 g/mol. The van der Waals surface area contributed by atoms with E-state index in [0.29, 0.717) is 16.5 Å². The van der Waals surface area contributed by atoms with Crippen molar-refractivity contribution >= 4 is 38.7 Å². The number of benzene rings is 2. The summed E-state index contributed by atoms with van der Waals surface area (Å²) in [5.41, 5.74) is 1.24. The Morgan fingerprint density at radius 3 is 2.50 bits per heavy atom. The summed E-state index contributed by atoms with van der Waals surface area (Å²) in [5, 5.41) is 6.53. The molecule has 0 atom stereocenters. The van der Waals surface area contributed by atoms with Crippen LogP contribution in [0.25, 0.3) is 0 Å². The second-order valence-corrected chi connectivity index (χ2v) is 7.59. The van der Waals surface area contributed by atoms with Gasteiger partial charge in [-0.05, 0) is 49.0 Å². The van der Waals surface area contributed by atoms with Crippen molar-refractivity contribution in [1.82, 2.24) is 5.32 Å². The summed E-state index contributed by atoms with van der Waals surface area (Å²) in [6.45, 7) is 2.81. The maximum absolute atomic E-state index is 12.8. The molecule has 0 fully saturated rings. The standard InChI is InChI=1S/C17H21N3O2S2/c1-3-12-18-17(23)19-14-8-7-11-16(13-14)24(21,22)20(2)15-9-5-4-6-10-15/h4-11,13H,3,12H2,1-2H3,(H2,18,19,23). The third-order valence-electron chi connectivity index (χ3n) is 3.41. The number of nitrogens with one attached hydrogen (secondary N) is 2. The van der Waals surface area contributed by atoms with Crippen LogP contribution in [0.2, 0.25) is 0 Å². The Bertz CT molecular complexity index is 792. The van der Waals surface area contributed by atoms with Gasteiger partial charge >= 0.3 is 0 Å². The predicted molar refractivity (Wildman–Crippen MR) is 103 cm³/mol. The number of hydrogen-bond donors (Lipinski definition) is 2. The first kappa shape index (κ1) is 18.2. The van der Waals surface area contributed by atoms with E-state index in [4.69, 9.17) is 12.2 Å². The van der Waals surface area contributed by atoms with E-state index in [2.05, 4.69) is 10.6 Å². The molecule has 0 bridgehead atoms. The van der Waals surface area contributed by atoms with Crippen LogP contribution < -0.4 is 14.9 Å². The topological polar surface area (TPSA) is 61.4 Å². The lowest BCUT2D eigenvalue weighted by Crippen LogP contribution is -2.29. The van der Waals surface area contributed by atoms with Crippen LogP contribution in [0.5, 0.6) is 0 Å². The molecule has 2 rings (SSSR count). The van der Waals surface area contributed by atoms with Crippen molar-refractivity contribution in [2.75, 3.05) is 23.2 Å². The van der Waals surface area contributed by atoms with Gasteiger partial charge in [-0.1, -0.05) is 31.2 Å². The summed E-state index contributed by atoms with van der Waals surface area (Å²) in [6, 6.07) is 15.6. The summed E-state index contributed by atoms with van der Waals surface area (Å²) >= 11 is 5.18. The van der Waals surface area contributed by atoms with E-state index in [0.717, 1.165) is 13.0 Å². The number of anilines is 2. The summed E-state index contributed by atoms with van der Waals surface area (Å²) < 4.78 is 26.8. The Hall–Kier alpha value is -2.12. The first-order valence-corrected chi connectivity index (χ1v) is 9.49. The van der Waals surface area contributed by atoms with Crippen LogP contribution in [-0.2, 0) is 10.0 Å². The van der Waals surface area contributed by atoms with Crippen molar-refractivity contribution < 1.29 is 8.42 Å². The van der Waals surface area contributed by atoms with E-state index in [1.165, 1.54) is 11.4 Å². The van der Waals surface area contributed by atoms with Crippen LogP contribution in [0.15, 0.2) is 59.5 Å². The molecule has 0 unspecified atom stereocenters. The van der Waals surface area contributed by atoms with Gasteiger partial charge in [-0.2, -0.15) is 0 Å². The molecule has 0 radical (unpaired) electrons. The van der Waals surface area contributed by atoms with Gasteiger partial charge in [0.05, 0.1) is 10.6 Å². The van der Waals surface area contributed by atoms with Crippen LogP contribution in [0.1, 0.15) is 13.3 Å². The minimum Gasteiger partial charge on any atom is -0.362 e. The molecular weight excluding hydrogens is 342 g/mol. The van der Waals surface area contributed by atoms with Crippen LogP contribution in [-0.4, -0.2) is 27.1 Å². The third kappa shape index (κ3) is 4.46. The van der Waals surface area contributed by atoms with Crippen molar-refractivity contribution in [2.45, 2.75) is 18.2 Å². The zero-order valence-corrected chi connectivity index (χ0v) is 15.3. The monoisotopic (exact) mass is 363 g/mol. The number of thiocarbonyl (C=S) groups is 1. The molecule has 5 nitrogen and oxygen atoms in total. The molecule has 0 aromatic heterocycles. The maximum Gasteiger partial charge on any atom is 0.264 e. The predicted octanol–water partition coefficient (Wildman–Crippen LogP) is 3.21. The van der Waals surface area contributed by atoms with E-state index >= 15 is 0 Å². The largest absolute Gasteiger partial charge is 0.362 e. The van der Waals surface area contributed by atoms with Crippen molar-refractivity contribution in [3.05, 3.63) is 54.6 Å². The summed E-state index contributed by atoms with van der Waals surface area (Å²) in [4.78, 5) is 0.206. The molecule has 0 saturated heterocycles. The number of rotatable bonds is 6.